The van der Waals surface area contributed by atoms with Gasteiger partial charge in [-0.2, -0.15) is 0 Å². The van der Waals surface area contributed by atoms with E-state index in [1.165, 1.54) is 44.0 Å². The summed E-state index contributed by atoms with van der Waals surface area (Å²) in [7, 11) is 0. The molecule has 2 aliphatic carbocycles. The third-order valence-electron chi connectivity index (χ3n) is 9.27. The molecule has 2 unspecified atom stereocenters. The van der Waals surface area contributed by atoms with Gasteiger partial charge in [0.1, 0.15) is 18.5 Å². The molecule has 2 aromatic rings. The number of rotatable bonds is 7. The number of aliphatic hydroxyl groups excluding tert-OH is 2. The molecule has 8 nitrogen and oxygen atoms in total. The molecule has 0 radical (unpaired) electrons. The second-order valence-electron chi connectivity index (χ2n) is 11.5. The van der Waals surface area contributed by atoms with Crippen molar-refractivity contribution in [2.45, 2.75) is 84.7 Å². The molecule has 1 saturated carbocycles. The molecule has 0 amide bonds. The van der Waals surface area contributed by atoms with Crippen molar-refractivity contribution in [1.82, 2.24) is 19.5 Å². The first-order valence-electron chi connectivity index (χ1n) is 13.5. The van der Waals surface area contributed by atoms with E-state index < -0.39 is 18.4 Å². The van der Waals surface area contributed by atoms with Gasteiger partial charge in [-0.3, -0.25) is 4.57 Å². The third-order valence-corrected chi connectivity index (χ3v) is 9.27. The lowest BCUT2D eigenvalue weighted by molar-refractivity contribution is -0.0162. The van der Waals surface area contributed by atoms with E-state index in [1.54, 1.807) is 16.5 Å². The second kappa shape index (κ2) is 10.2. The summed E-state index contributed by atoms with van der Waals surface area (Å²) in [6.07, 6.45) is 12.9. The number of nitrogens with one attached hydrogen (secondary N) is 1. The van der Waals surface area contributed by atoms with Gasteiger partial charge in [0.15, 0.2) is 23.2 Å². The Kier molecular flexibility index (Phi) is 7.21. The maximum Gasteiger partial charge on any atom is 0.167 e. The fraction of sp³-hybridized carbons (Fsp3) is 0.679. The van der Waals surface area contributed by atoms with Gasteiger partial charge in [0.25, 0.3) is 0 Å². The van der Waals surface area contributed by atoms with Crippen LogP contribution in [0, 0.1) is 23.2 Å². The van der Waals surface area contributed by atoms with E-state index in [4.69, 9.17) is 4.74 Å². The number of imidazole rings is 1. The molecule has 1 saturated heterocycles. The van der Waals surface area contributed by atoms with Gasteiger partial charge in [-0.1, -0.05) is 50.5 Å². The molecule has 0 spiro atoms. The minimum atomic E-state index is -1.02. The van der Waals surface area contributed by atoms with Gasteiger partial charge in [0.2, 0.25) is 0 Å². The van der Waals surface area contributed by atoms with Crippen molar-refractivity contribution in [2.75, 3.05) is 18.5 Å². The van der Waals surface area contributed by atoms with Crippen LogP contribution in [0.4, 0.5) is 5.82 Å². The van der Waals surface area contributed by atoms with Crippen molar-refractivity contribution in [3.63, 3.8) is 0 Å². The zero-order valence-corrected chi connectivity index (χ0v) is 22.0. The lowest BCUT2D eigenvalue weighted by Gasteiger charge is -2.50. The van der Waals surface area contributed by atoms with Gasteiger partial charge in [0.05, 0.1) is 12.9 Å². The van der Waals surface area contributed by atoms with Gasteiger partial charge in [-0.05, 0) is 62.2 Å². The van der Waals surface area contributed by atoms with Crippen LogP contribution in [0.1, 0.15) is 72.4 Å². The molecule has 2 aromatic heterocycles. The topological polar surface area (TPSA) is 105 Å². The van der Waals surface area contributed by atoms with E-state index in [-0.39, 0.29) is 6.61 Å². The fourth-order valence-corrected chi connectivity index (χ4v) is 6.59. The lowest BCUT2D eigenvalue weighted by Crippen LogP contribution is -2.41. The van der Waals surface area contributed by atoms with E-state index in [1.807, 2.05) is 0 Å². The number of ether oxygens (including phenoxy) is 1. The van der Waals surface area contributed by atoms with Crippen LogP contribution in [0.5, 0.6) is 0 Å². The summed E-state index contributed by atoms with van der Waals surface area (Å²) in [6.45, 7) is 10.4. The van der Waals surface area contributed by atoms with E-state index in [2.05, 4.69) is 60.1 Å². The van der Waals surface area contributed by atoms with Crippen molar-refractivity contribution < 1.29 is 14.9 Å². The highest BCUT2D eigenvalue weighted by atomic mass is 16.5. The summed E-state index contributed by atoms with van der Waals surface area (Å²) in [5, 5.41) is 23.4. The smallest absolute Gasteiger partial charge is 0.167 e. The Labute approximate surface area is 213 Å². The number of hydrogen-bond donors (Lipinski definition) is 3. The summed E-state index contributed by atoms with van der Waals surface area (Å²) in [6, 6.07) is 0. The van der Waals surface area contributed by atoms with Crippen LogP contribution in [0.15, 0.2) is 36.0 Å². The number of nitrogens with zero attached hydrogens (tertiary/aromatic N) is 4. The van der Waals surface area contributed by atoms with Crippen LogP contribution < -0.4 is 5.32 Å². The normalized spacial score (nSPS) is 35.1. The molecular formula is C28H41N5O3. The fourth-order valence-electron chi connectivity index (χ4n) is 6.59. The molecule has 5 rings (SSSR count). The van der Waals surface area contributed by atoms with E-state index in [0.29, 0.717) is 28.9 Å². The van der Waals surface area contributed by atoms with Crippen LogP contribution in [0.2, 0.25) is 0 Å². The molecule has 8 heteroatoms. The van der Waals surface area contributed by atoms with Gasteiger partial charge >= 0.3 is 0 Å². The Morgan fingerprint density at radius 2 is 2.08 bits per heavy atom. The van der Waals surface area contributed by atoms with E-state index in [0.717, 1.165) is 24.2 Å². The van der Waals surface area contributed by atoms with E-state index >= 15 is 0 Å². The zero-order valence-electron chi connectivity index (χ0n) is 22.0. The molecule has 3 heterocycles. The SMILES string of the molecule is C/C(=C\CNc1ncnc2c1ncn2[C@@H]1OCC(O)C1O)CC[C@@]1(C)[C@@H]2CCC[C@@H](C)C2=CC[C@@H]1C. The van der Waals surface area contributed by atoms with Gasteiger partial charge in [-0.15, -0.1) is 0 Å². The third kappa shape index (κ3) is 4.59. The zero-order chi connectivity index (χ0) is 25.4. The predicted octanol–water partition coefficient (Wildman–Crippen LogP) is 4.62. The number of allylic oxidation sites excluding steroid dienone is 3. The summed E-state index contributed by atoms with van der Waals surface area (Å²) in [5.41, 5.74) is 4.68. The van der Waals surface area contributed by atoms with Crippen LogP contribution in [-0.4, -0.2) is 55.1 Å². The molecule has 196 valence electrons. The Morgan fingerprint density at radius 1 is 1.25 bits per heavy atom. The van der Waals surface area contributed by atoms with Crippen LogP contribution in [0.25, 0.3) is 11.2 Å². The molecule has 3 aliphatic rings. The van der Waals surface area contributed by atoms with Crippen LogP contribution >= 0.6 is 0 Å². The Morgan fingerprint density at radius 3 is 2.86 bits per heavy atom. The van der Waals surface area contributed by atoms with Crippen molar-refractivity contribution >= 4 is 17.0 Å². The highest BCUT2D eigenvalue weighted by Crippen LogP contribution is 2.54. The second-order valence-corrected chi connectivity index (χ2v) is 11.5. The molecule has 7 atom stereocenters. The lowest BCUT2D eigenvalue weighted by atomic mass is 9.55. The van der Waals surface area contributed by atoms with E-state index in [9.17, 15) is 10.2 Å². The average molecular weight is 496 g/mol. The largest absolute Gasteiger partial charge is 0.388 e. The first kappa shape index (κ1) is 25.4. The molecular weight excluding hydrogens is 454 g/mol. The number of fused-ring (bicyclic) bond motifs is 2. The highest BCUT2D eigenvalue weighted by Gasteiger charge is 2.44. The molecule has 36 heavy (non-hydrogen) atoms. The first-order chi connectivity index (χ1) is 17.3. The Bertz CT molecular complexity index is 1140. The minimum Gasteiger partial charge on any atom is -0.388 e. The summed E-state index contributed by atoms with van der Waals surface area (Å²) >= 11 is 0. The molecule has 1 aliphatic heterocycles. The van der Waals surface area contributed by atoms with Crippen molar-refractivity contribution in [3.8, 4) is 0 Å². The number of anilines is 1. The van der Waals surface area contributed by atoms with Crippen molar-refractivity contribution in [2.24, 2.45) is 23.2 Å². The van der Waals surface area contributed by atoms with Crippen molar-refractivity contribution in [3.05, 3.63) is 36.0 Å². The standard InChI is InChI=1S/C28H41N5O3/c1-17(10-12-28(4)19(3)8-9-20-18(2)6-5-7-21(20)28)11-13-29-25-23-26(31-15-30-25)33(16-32-23)27-24(35)22(34)14-36-27/h9,11,15-16,18-19,21-22,24,27,34-35H,5-8,10,12-14H2,1-4H3,(H,29,30,31)/b17-11+/t18-,19+,21-,22?,24?,27-,28-/m1/s1. The average Bonchev–Trinajstić information content (AvgIpc) is 3.44. The summed E-state index contributed by atoms with van der Waals surface area (Å²) in [4.78, 5) is 13.2. The number of hydrogen-bond acceptors (Lipinski definition) is 7. The van der Waals surface area contributed by atoms with Gasteiger partial charge in [0, 0.05) is 6.54 Å². The van der Waals surface area contributed by atoms with Crippen molar-refractivity contribution in [1.29, 1.82) is 0 Å². The number of aromatic nitrogens is 4. The maximum atomic E-state index is 10.2. The van der Waals surface area contributed by atoms with Gasteiger partial charge in [-0.25, -0.2) is 15.0 Å². The minimum absolute atomic E-state index is 0.0843. The predicted molar refractivity (Wildman–Crippen MR) is 140 cm³/mol. The maximum absolute atomic E-state index is 10.2. The first-order valence-corrected chi connectivity index (χ1v) is 13.5. The highest BCUT2D eigenvalue weighted by molar-refractivity contribution is 5.82. The molecule has 2 fully saturated rings. The van der Waals surface area contributed by atoms with Gasteiger partial charge < -0.3 is 20.3 Å². The van der Waals surface area contributed by atoms with Crippen LogP contribution in [-0.2, 0) is 4.74 Å². The Hall–Kier alpha value is -2.29. The summed E-state index contributed by atoms with van der Waals surface area (Å²) in [5.74, 6) is 2.85. The molecule has 0 bridgehead atoms. The monoisotopic (exact) mass is 495 g/mol. The molecule has 0 aromatic carbocycles. The van der Waals surface area contributed by atoms with Crippen LogP contribution in [0.3, 0.4) is 0 Å². The number of aliphatic hydroxyl groups is 2. The Balaban J connectivity index is 1.22. The molecule has 3 N–H and O–H groups in total. The summed E-state index contributed by atoms with van der Waals surface area (Å²) < 4.78 is 7.20. The quantitative estimate of drug-likeness (QED) is 0.481.